The first kappa shape index (κ1) is 9.92. The van der Waals surface area contributed by atoms with Crippen LogP contribution in [0.2, 0.25) is 0 Å². The van der Waals surface area contributed by atoms with E-state index in [9.17, 15) is 4.79 Å². The van der Waals surface area contributed by atoms with E-state index >= 15 is 0 Å². The van der Waals surface area contributed by atoms with Crippen LogP contribution in [0, 0.1) is 11.3 Å². The molecule has 0 aliphatic carbocycles. The Morgan fingerprint density at radius 3 is 2.73 bits per heavy atom. The molecule has 0 fully saturated rings. The lowest BCUT2D eigenvalue weighted by atomic mass is 10.1. The van der Waals surface area contributed by atoms with Gasteiger partial charge in [0.05, 0.1) is 19.1 Å². The van der Waals surface area contributed by atoms with E-state index in [0.29, 0.717) is 0 Å². The zero-order chi connectivity index (χ0) is 8.91. The van der Waals surface area contributed by atoms with Gasteiger partial charge < -0.3 is 9.84 Å². The minimum absolute atomic E-state index is 0.264. The zero-order valence-electron chi connectivity index (χ0n) is 6.63. The Labute approximate surface area is 65.4 Å². The lowest BCUT2D eigenvalue weighted by Gasteiger charge is -2.11. The molecule has 0 unspecified atom stereocenters. The van der Waals surface area contributed by atoms with Crippen molar-refractivity contribution in [3.05, 3.63) is 0 Å². The van der Waals surface area contributed by atoms with E-state index in [2.05, 4.69) is 4.74 Å². The van der Waals surface area contributed by atoms with Crippen molar-refractivity contribution in [2.24, 2.45) is 0 Å². The van der Waals surface area contributed by atoms with Crippen LogP contribution in [0.1, 0.15) is 20.3 Å². The Bertz CT molecular complexity index is 181. The van der Waals surface area contributed by atoms with Gasteiger partial charge in [-0.05, 0) is 13.8 Å². The molecule has 0 radical (unpaired) electrons. The summed E-state index contributed by atoms with van der Waals surface area (Å²) in [7, 11) is 0. The van der Waals surface area contributed by atoms with Crippen molar-refractivity contribution in [3.8, 4) is 6.07 Å². The Morgan fingerprint density at radius 1 is 1.82 bits per heavy atom. The lowest BCUT2D eigenvalue weighted by molar-refractivity contribution is -0.146. The molecule has 1 atom stereocenters. The van der Waals surface area contributed by atoms with Gasteiger partial charge in [-0.25, -0.2) is 0 Å². The van der Waals surface area contributed by atoms with Gasteiger partial charge in [0.25, 0.3) is 0 Å². The summed E-state index contributed by atoms with van der Waals surface area (Å²) in [5.41, 5.74) is -1.60. The number of hydrogen-bond donors (Lipinski definition) is 1. The van der Waals surface area contributed by atoms with E-state index in [1.165, 1.54) is 6.92 Å². The average Bonchev–Trinajstić information content (AvgIpc) is 1.87. The highest BCUT2D eigenvalue weighted by Crippen LogP contribution is 2.07. The lowest BCUT2D eigenvalue weighted by Crippen LogP contribution is -2.26. The highest BCUT2D eigenvalue weighted by atomic mass is 16.5. The number of carbonyl (C=O) groups excluding carboxylic acids is 1. The topological polar surface area (TPSA) is 70.3 Å². The third-order valence-corrected chi connectivity index (χ3v) is 1.03. The fourth-order valence-electron chi connectivity index (χ4n) is 0.533. The molecule has 62 valence electrons. The summed E-state index contributed by atoms with van der Waals surface area (Å²) < 4.78 is 4.53. The summed E-state index contributed by atoms with van der Waals surface area (Å²) in [4.78, 5) is 10.7. The van der Waals surface area contributed by atoms with E-state index in [1.807, 2.05) is 0 Å². The van der Waals surface area contributed by atoms with Gasteiger partial charge in [0.15, 0.2) is 5.60 Å². The number of nitrogens with zero attached hydrogens (tertiary/aromatic N) is 1. The molecule has 0 aliphatic rings. The highest BCUT2D eigenvalue weighted by molar-refractivity contribution is 5.71. The number of nitriles is 1. The van der Waals surface area contributed by atoms with Crippen LogP contribution in [-0.4, -0.2) is 23.3 Å². The van der Waals surface area contributed by atoms with Crippen LogP contribution >= 0.6 is 0 Å². The number of rotatable bonds is 3. The van der Waals surface area contributed by atoms with Gasteiger partial charge >= 0.3 is 5.97 Å². The molecule has 0 saturated heterocycles. The maximum atomic E-state index is 10.7. The Morgan fingerprint density at radius 2 is 2.36 bits per heavy atom. The molecule has 0 aromatic carbocycles. The van der Waals surface area contributed by atoms with Gasteiger partial charge in [0, 0.05) is 0 Å². The first-order valence-corrected chi connectivity index (χ1v) is 3.31. The fourth-order valence-corrected chi connectivity index (χ4v) is 0.533. The number of esters is 1. The summed E-state index contributed by atoms with van der Waals surface area (Å²) in [6.45, 7) is 3.20. The monoisotopic (exact) mass is 157 g/mol. The second kappa shape index (κ2) is 3.94. The number of carbonyl (C=O) groups is 1. The smallest absolute Gasteiger partial charge is 0.309 e. The van der Waals surface area contributed by atoms with Crippen LogP contribution in [-0.2, 0) is 9.53 Å². The van der Waals surface area contributed by atoms with Crippen molar-refractivity contribution in [3.63, 3.8) is 0 Å². The van der Waals surface area contributed by atoms with E-state index < -0.39 is 11.6 Å². The zero-order valence-corrected chi connectivity index (χ0v) is 6.63. The molecule has 4 heteroatoms. The van der Waals surface area contributed by atoms with Gasteiger partial charge in [-0.3, -0.25) is 4.79 Å². The predicted octanol–water partition coefficient (Wildman–Crippen LogP) is 0.214. The van der Waals surface area contributed by atoms with Crippen molar-refractivity contribution in [1.82, 2.24) is 0 Å². The molecule has 1 N–H and O–H groups in total. The van der Waals surface area contributed by atoms with Crippen LogP contribution in [0.3, 0.4) is 0 Å². The molecular weight excluding hydrogens is 146 g/mol. The second-order valence-corrected chi connectivity index (χ2v) is 2.37. The third-order valence-electron chi connectivity index (χ3n) is 1.03. The summed E-state index contributed by atoms with van der Waals surface area (Å²) in [6.07, 6.45) is -0.280. The van der Waals surface area contributed by atoms with Gasteiger partial charge in [-0.15, -0.1) is 0 Å². The average molecular weight is 157 g/mol. The molecule has 0 bridgehead atoms. The molecule has 0 rings (SSSR count). The number of aliphatic hydroxyl groups is 1. The van der Waals surface area contributed by atoms with Crippen LogP contribution in [0.5, 0.6) is 0 Å². The van der Waals surface area contributed by atoms with Crippen molar-refractivity contribution in [2.45, 2.75) is 25.9 Å². The van der Waals surface area contributed by atoms with Gasteiger partial charge in [0.1, 0.15) is 0 Å². The molecule has 0 aliphatic heterocycles. The second-order valence-electron chi connectivity index (χ2n) is 2.37. The van der Waals surface area contributed by atoms with Crippen molar-refractivity contribution < 1.29 is 14.6 Å². The van der Waals surface area contributed by atoms with Gasteiger partial charge in [0.2, 0.25) is 0 Å². The molecular formula is C7H11NO3. The van der Waals surface area contributed by atoms with E-state index in [1.54, 1.807) is 13.0 Å². The summed E-state index contributed by atoms with van der Waals surface area (Å²) >= 11 is 0. The molecule has 0 heterocycles. The van der Waals surface area contributed by atoms with Crippen molar-refractivity contribution in [1.29, 1.82) is 5.26 Å². The van der Waals surface area contributed by atoms with Crippen LogP contribution in [0.25, 0.3) is 0 Å². The normalized spacial score (nSPS) is 14.7. The largest absolute Gasteiger partial charge is 0.466 e. The first-order valence-electron chi connectivity index (χ1n) is 3.31. The third kappa shape index (κ3) is 4.34. The van der Waals surface area contributed by atoms with E-state index in [-0.39, 0.29) is 13.0 Å². The molecule has 0 aromatic heterocycles. The Kier molecular flexibility index (Phi) is 3.55. The highest BCUT2D eigenvalue weighted by Gasteiger charge is 2.24. The standard InChI is InChI=1S/C7H11NO3/c1-3-11-6(9)4-7(2,10)5-8/h10H,3-4H2,1-2H3/t7-/m0/s1. The maximum Gasteiger partial charge on any atom is 0.309 e. The molecule has 11 heavy (non-hydrogen) atoms. The molecule has 0 saturated carbocycles. The van der Waals surface area contributed by atoms with Crippen molar-refractivity contribution in [2.75, 3.05) is 6.61 Å². The first-order chi connectivity index (χ1) is 5.02. The summed E-state index contributed by atoms with van der Waals surface area (Å²) in [6, 6.07) is 1.59. The minimum Gasteiger partial charge on any atom is -0.466 e. The van der Waals surface area contributed by atoms with Crippen molar-refractivity contribution >= 4 is 5.97 Å². The van der Waals surface area contributed by atoms with Crippen LogP contribution in [0.4, 0.5) is 0 Å². The quantitative estimate of drug-likeness (QED) is 0.469. The molecule has 4 nitrogen and oxygen atoms in total. The van der Waals surface area contributed by atoms with Crippen LogP contribution in [0.15, 0.2) is 0 Å². The molecule has 0 spiro atoms. The fraction of sp³-hybridized carbons (Fsp3) is 0.714. The molecule has 0 aromatic rings. The number of ether oxygens (including phenoxy) is 1. The summed E-state index contributed by atoms with van der Waals surface area (Å²) in [5.74, 6) is -0.556. The summed E-state index contributed by atoms with van der Waals surface area (Å²) in [5, 5.41) is 17.4. The van der Waals surface area contributed by atoms with Gasteiger partial charge in [-0.1, -0.05) is 0 Å². The Balaban J connectivity index is 3.86. The maximum absolute atomic E-state index is 10.7. The Hall–Kier alpha value is -1.08. The minimum atomic E-state index is -1.60. The van der Waals surface area contributed by atoms with Gasteiger partial charge in [-0.2, -0.15) is 5.26 Å². The van der Waals surface area contributed by atoms with E-state index in [4.69, 9.17) is 10.4 Å². The van der Waals surface area contributed by atoms with Crippen LogP contribution < -0.4 is 0 Å². The predicted molar refractivity (Wildman–Crippen MR) is 37.5 cm³/mol. The SMILES string of the molecule is CCOC(=O)C[C@](C)(O)C#N. The number of hydrogen-bond acceptors (Lipinski definition) is 4. The molecule has 0 amide bonds. The van der Waals surface area contributed by atoms with E-state index in [0.717, 1.165) is 0 Å².